The number of hydrogen-bond donors (Lipinski definition) is 1. The maximum atomic E-state index is 13.8. The maximum Gasteiger partial charge on any atom is 0.249 e. The molecule has 1 aliphatic heterocycles. The Hall–Kier alpha value is -2.24. The van der Waals surface area contributed by atoms with Crippen molar-refractivity contribution in [3.63, 3.8) is 0 Å². The zero-order chi connectivity index (χ0) is 16.4. The van der Waals surface area contributed by atoms with E-state index in [1.165, 1.54) is 6.07 Å². The number of allylic oxidation sites excluding steroid dienone is 2. The van der Waals surface area contributed by atoms with E-state index in [-0.39, 0.29) is 24.1 Å². The average Bonchev–Trinajstić information content (AvgIpc) is 3.12. The summed E-state index contributed by atoms with van der Waals surface area (Å²) in [4.78, 5) is 25.4. The van der Waals surface area contributed by atoms with E-state index in [1.54, 1.807) is 0 Å². The Bertz CT molecular complexity index is 640. The summed E-state index contributed by atoms with van der Waals surface area (Å²) in [5.41, 5.74) is -0.340. The topological polar surface area (TPSA) is 49.4 Å². The van der Waals surface area contributed by atoms with Crippen LogP contribution in [0, 0.1) is 17.6 Å². The van der Waals surface area contributed by atoms with Crippen molar-refractivity contribution in [2.24, 2.45) is 5.92 Å². The van der Waals surface area contributed by atoms with Gasteiger partial charge < -0.3 is 10.2 Å². The molecule has 0 radical (unpaired) electrons. The minimum absolute atomic E-state index is 0.185. The van der Waals surface area contributed by atoms with E-state index >= 15 is 0 Å². The molecule has 0 spiro atoms. The monoisotopic (exact) mass is 320 g/mol. The van der Waals surface area contributed by atoms with Gasteiger partial charge in [0.15, 0.2) is 0 Å². The maximum absolute atomic E-state index is 13.8. The van der Waals surface area contributed by atoms with Gasteiger partial charge in [-0.25, -0.2) is 8.78 Å². The lowest BCUT2D eigenvalue weighted by Crippen LogP contribution is -2.42. The van der Waals surface area contributed by atoms with Crippen LogP contribution in [0.2, 0.25) is 0 Å². The first-order valence-electron chi connectivity index (χ1n) is 7.77. The summed E-state index contributed by atoms with van der Waals surface area (Å²) in [6.07, 6.45) is 6.66. The highest BCUT2D eigenvalue weighted by molar-refractivity contribution is 6.01. The highest BCUT2D eigenvalue weighted by atomic mass is 19.1. The van der Waals surface area contributed by atoms with Crippen molar-refractivity contribution >= 4 is 17.5 Å². The summed E-state index contributed by atoms with van der Waals surface area (Å²) >= 11 is 0. The lowest BCUT2D eigenvalue weighted by atomic mass is 10.0. The fraction of sp³-hybridized carbons (Fsp3) is 0.412. The van der Waals surface area contributed by atoms with Crippen molar-refractivity contribution in [3.8, 4) is 0 Å². The second-order valence-electron chi connectivity index (χ2n) is 5.94. The largest absolute Gasteiger partial charge is 0.344 e. The third-order valence-corrected chi connectivity index (χ3v) is 4.31. The molecule has 4 nitrogen and oxygen atoms in total. The molecule has 23 heavy (non-hydrogen) atoms. The van der Waals surface area contributed by atoms with E-state index in [2.05, 4.69) is 5.32 Å². The molecule has 1 heterocycles. The van der Waals surface area contributed by atoms with Gasteiger partial charge in [0.2, 0.25) is 11.8 Å². The molecule has 1 aliphatic carbocycles. The SMILES string of the molecule is O=C(C[C@@H]1C=CCC1)N[C@@H]1CCN(c2c(F)cccc2F)C1=O. The van der Waals surface area contributed by atoms with Crippen LogP contribution in [0.15, 0.2) is 30.4 Å². The zero-order valence-electron chi connectivity index (χ0n) is 12.6. The minimum atomic E-state index is -0.776. The predicted octanol–water partition coefficient (Wildman–Crippen LogP) is 2.54. The van der Waals surface area contributed by atoms with Crippen LogP contribution in [0.4, 0.5) is 14.5 Å². The number of nitrogens with one attached hydrogen (secondary N) is 1. The predicted molar refractivity (Wildman–Crippen MR) is 81.7 cm³/mol. The first-order chi connectivity index (χ1) is 11.1. The Kier molecular flexibility index (Phi) is 4.41. The van der Waals surface area contributed by atoms with Gasteiger partial charge >= 0.3 is 0 Å². The molecule has 0 aromatic heterocycles. The number of carbonyl (C=O) groups is 2. The van der Waals surface area contributed by atoms with E-state index < -0.39 is 23.6 Å². The molecule has 2 amide bonds. The van der Waals surface area contributed by atoms with Crippen molar-refractivity contribution < 1.29 is 18.4 Å². The molecule has 1 N–H and O–H groups in total. The molecule has 0 unspecified atom stereocenters. The van der Waals surface area contributed by atoms with Crippen molar-refractivity contribution in [1.29, 1.82) is 0 Å². The van der Waals surface area contributed by atoms with E-state index in [0.717, 1.165) is 29.9 Å². The van der Waals surface area contributed by atoms with Gasteiger partial charge in [-0.05, 0) is 37.3 Å². The fourth-order valence-electron chi connectivity index (χ4n) is 3.14. The van der Waals surface area contributed by atoms with E-state index in [9.17, 15) is 18.4 Å². The molecule has 122 valence electrons. The Labute approximate surface area is 133 Å². The standard InChI is InChI=1S/C17H18F2N2O2/c18-12-6-3-7-13(19)16(12)21-9-8-14(17(21)23)20-15(22)10-11-4-1-2-5-11/h1,3-4,6-7,11,14H,2,5,8-10H2,(H,20,22)/t11-,14-/m1/s1. The summed E-state index contributed by atoms with van der Waals surface area (Å²) < 4.78 is 27.6. The number of benzene rings is 1. The molecule has 1 aromatic carbocycles. The van der Waals surface area contributed by atoms with Crippen molar-refractivity contribution in [1.82, 2.24) is 5.32 Å². The van der Waals surface area contributed by atoms with Gasteiger partial charge in [0, 0.05) is 13.0 Å². The van der Waals surface area contributed by atoms with Crippen LogP contribution in [-0.2, 0) is 9.59 Å². The molecule has 1 saturated heterocycles. The molecule has 1 aromatic rings. The summed E-state index contributed by atoms with van der Waals surface area (Å²) in [5.74, 6) is -2.01. The van der Waals surface area contributed by atoms with Crippen LogP contribution in [0.1, 0.15) is 25.7 Å². The number of carbonyl (C=O) groups excluding carboxylic acids is 2. The lowest BCUT2D eigenvalue weighted by molar-refractivity contribution is -0.126. The normalized spacial score (nSPS) is 23.6. The van der Waals surface area contributed by atoms with Crippen LogP contribution in [-0.4, -0.2) is 24.4 Å². The lowest BCUT2D eigenvalue weighted by Gasteiger charge is -2.18. The second-order valence-corrected chi connectivity index (χ2v) is 5.94. The summed E-state index contributed by atoms with van der Waals surface area (Å²) in [6, 6.07) is 2.77. The highest BCUT2D eigenvalue weighted by Gasteiger charge is 2.36. The second kappa shape index (κ2) is 6.48. The molecular weight excluding hydrogens is 302 g/mol. The van der Waals surface area contributed by atoms with Gasteiger partial charge in [-0.15, -0.1) is 0 Å². The van der Waals surface area contributed by atoms with Crippen LogP contribution < -0.4 is 10.2 Å². The van der Waals surface area contributed by atoms with Crippen LogP contribution in [0.5, 0.6) is 0 Å². The van der Waals surface area contributed by atoms with Gasteiger partial charge in [0.25, 0.3) is 0 Å². The number of rotatable bonds is 4. The Morgan fingerprint density at radius 3 is 2.65 bits per heavy atom. The third kappa shape index (κ3) is 3.25. The third-order valence-electron chi connectivity index (χ3n) is 4.31. The van der Waals surface area contributed by atoms with E-state index in [4.69, 9.17) is 0 Å². The van der Waals surface area contributed by atoms with Gasteiger partial charge in [-0.2, -0.15) is 0 Å². The van der Waals surface area contributed by atoms with Gasteiger partial charge in [0.1, 0.15) is 23.4 Å². The molecule has 2 atom stereocenters. The summed E-state index contributed by atoms with van der Waals surface area (Å²) in [5, 5.41) is 2.69. The number of halogens is 2. The number of anilines is 1. The van der Waals surface area contributed by atoms with E-state index in [1.807, 2.05) is 12.2 Å². The molecular formula is C17H18F2N2O2. The number of nitrogens with zero attached hydrogens (tertiary/aromatic N) is 1. The minimum Gasteiger partial charge on any atom is -0.344 e. The number of hydrogen-bond acceptors (Lipinski definition) is 2. The van der Waals surface area contributed by atoms with Crippen molar-refractivity contribution in [3.05, 3.63) is 42.0 Å². The molecule has 3 rings (SSSR count). The number of para-hydroxylation sites is 1. The zero-order valence-corrected chi connectivity index (χ0v) is 12.6. The first kappa shape index (κ1) is 15.6. The molecule has 1 fully saturated rings. The Balaban J connectivity index is 1.64. The molecule has 2 aliphatic rings. The summed E-state index contributed by atoms with van der Waals surface area (Å²) in [6.45, 7) is 0.185. The van der Waals surface area contributed by atoms with Crippen molar-refractivity contribution in [2.45, 2.75) is 31.7 Å². The number of amides is 2. The van der Waals surface area contributed by atoms with Crippen LogP contribution >= 0.6 is 0 Å². The van der Waals surface area contributed by atoms with Gasteiger partial charge in [-0.1, -0.05) is 18.2 Å². The summed E-state index contributed by atoms with van der Waals surface area (Å²) in [7, 11) is 0. The van der Waals surface area contributed by atoms with Crippen LogP contribution in [0.25, 0.3) is 0 Å². The van der Waals surface area contributed by atoms with Gasteiger partial charge in [0.05, 0.1) is 0 Å². The molecule has 0 saturated carbocycles. The van der Waals surface area contributed by atoms with Crippen molar-refractivity contribution in [2.75, 3.05) is 11.4 Å². The Morgan fingerprint density at radius 1 is 1.26 bits per heavy atom. The average molecular weight is 320 g/mol. The quantitative estimate of drug-likeness (QED) is 0.867. The fourth-order valence-corrected chi connectivity index (χ4v) is 3.14. The highest BCUT2D eigenvalue weighted by Crippen LogP contribution is 2.28. The van der Waals surface area contributed by atoms with Gasteiger partial charge in [-0.3, -0.25) is 9.59 Å². The molecule has 6 heteroatoms. The van der Waals surface area contributed by atoms with E-state index in [0.29, 0.717) is 12.8 Å². The first-order valence-corrected chi connectivity index (χ1v) is 7.77. The van der Waals surface area contributed by atoms with Crippen LogP contribution in [0.3, 0.4) is 0 Å². The smallest absolute Gasteiger partial charge is 0.249 e. The Morgan fingerprint density at radius 2 is 2.00 bits per heavy atom. The molecule has 0 bridgehead atoms.